The van der Waals surface area contributed by atoms with Crippen molar-refractivity contribution in [3.8, 4) is 0 Å². The van der Waals surface area contributed by atoms with E-state index < -0.39 is 0 Å². The van der Waals surface area contributed by atoms with Gasteiger partial charge in [0.15, 0.2) is 0 Å². The molecule has 1 aliphatic rings. The number of aromatic nitrogens is 1. The molecule has 0 bridgehead atoms. The first-order valence-corrected chi connectivity index (χ1v) is 6.23. The molecular formula is C14H18N2O. The van der Waals surface area contributed by atoms with Crippen molar-refractivity contribution < 1.29 is 4.74 Å². The molecule has 2 atom stereocenters. The average molecular weight is 230 g/mol. The van der Waals surface area contributed by atoms with Crippen molar-refractivity contribution in [1.82, 2.24) is 4.57 Å². The predicted octanol–water partition coefficient (Wildman–Crippen LogP) is 2.79. The third kappa shape index (κ3) is 1.91. The Kier molecular flexibility index (Phi) is 2.56. The standard InChI is InChI=1S/C14H18N2O/c1-10-5-6-11(17-10)9-16-8-7-12-13(15)3-2-4-14(12)16/h2-4,7-8,10-11H,5-6,9,15H2,1H3. The summed E-state index contributed by atoms with van der Waals surface area (Å²) in [5.74, 6) is 0. The van der Waals surface area contributed by atoms with Gasteiger partial charge in [0, 0.05) is 23.8 Å². The first-order chi connectivity index (χ1) is 8.24. The molecule has 3 rings (SSSR count). The summed E-state index contributed by atoms with van der Waals surface area (Å²) < 4.78 is 8.11. The zero-order valence-electron chi connectivity index (χ0n) is 10.1. The van der Waals surface area contributed by atoms with Gasteiger partial charge in [0.25, 0.3) is 0 Å². The molecule has 0 saturated carbocycles. The number of ether oxygens (including phenoxy) is 1. The minimum atomic E-state index is 0.349. The zero-order chi connectivity index (χ0) is 11.8. The highest BCUT2D eigenvalue weighted by Gasteiger charge is 2.22. The lowest BCUT2D eigenvalue weighted by molar-refractivity contribution is 0.0465. The van der Waals surface area contributed by atoms with Crippen LogP contribution in [0.2, 0.25) is 0 Å². The fourth-order valence-electron chi connectivity index (χ4n) is 2.65. The van der Waals surface area contributed by atoms with Gasteiger partial charge in [-0.05, 0) is 38.0 Å². The summed E-state index contributed by atoms with van der Waals surface area (Å²) in [6.07, 6.45) is 5.19. The van der Waals surface area contributed by atoms with E-state index in [-0.39, 0.29) is 0 Å². The van der Waals surface area contributed by atoms with Crippen LogP contribution < -0.4 is 5.73 Å². The summed E-state index contributed by atoms with van der Waals surface area (Å²) in [4.78, 5) is 0. The highest BCUT2D eigenvalue weighted by Crippen LogP contribution is 2.25. The van der Waals surface area contributed by atoms with Crippen molar-refractivity contribution in [3.05, 3.63) is 30.5 Å². The first-order valence-electron chi connectivity index (χ1n) is 6.23. The van der Waals surface area contributed by atoms with E-state index in [2.05, 4.69) is 29.8 Å². The van der Waals surface area contributed by atoms with E-state index in [1.165, 1.54) is 11.9 Å². The van der Waals surface area contributed by atoms with Gasteiger partial charge < -0.3 is 15.0 Å². The van der Waals surface area contributed by atoms with Gasteiger partial charge in [-0.2, -0.15) is 0 Å². The minimum absolute atomic E-state index is 0.349. The van der Waals surface area contributed by atoms with Crippen LogP contribution in [0.1, 0.15) is 19.8 Å². The Hall–Kier alpha value is -1.48. The van der Waals surface area contributed by atoms with Crippen molar-refractivity contribution in [2.75, 3.05) is 5.73 Å². The Morgan fingerprint density at radius 2 is 2.24 bits per heavy atom. The van der Waals surface area contributed by atoms with Crippen LogP contribution in [0, 0.1) is 0 Å². The molecule has 1 aliphatic heterocycles. The van der Waals surface area contributed by atoms with Crippen LogP contribution >= 0.6 is 0 Å². The fourth-order valence-corrected chi connectivity index (χ4v) is 2.65. The van der Waals surface area contributed by atoms with Gasteiger partial charge in [0.2, 0.25) is 0 Å². The molecule has 2 aromatic rings. The van der Waals surface area contributed by atoms with Gasteiger partial charge in [-0.15, -0.1) is 0 Å². The van der Waals surface area contributed by atoms with Gasteiger partial charge in [-0.1, -0.05) is 6.07 Å². The molecule has 1 aromatic carbocycles. The van der Waals surface area contributed by atoms with Crippen molar-refractivity contribution in [2.45, 2.75) is 38.5 Å². The molecule has 1 aromatic heterocycles. The molecule has 0 aliphatic carbocycles. The highest BCUT2D eigenvalue weighted by molar-refractivity contribution is 5.91. The minimum Gasteiger partial charge on any atom is -0.398 e. The van der Waals surface area contributed by atoms with Gasteiger partial charge in [-0.25, -0.2) is 0 Å². The normalized spacial score (nSPS) is 24.5. The Morgan fingerprint density at radius 1 is 1.35 bits per heavy atom. The maximum atomic E-state index is 5.96. The zero-order valence-corrected chi connectivity index (χ0v) is 10.1. The lowest BCUT2D eigenvalue weighted by Crippen LogP contribution is -2.15. The molecule has 3 nitrogen and oxygen atoms in total. The molecule has 0 amide bonds. The van der Waals surface area contributed by atoms with Crippen LogP contribution in [0.4, 0.5) is 5.69 Å². The van der Waals surface area contributed by atoms with Gasteiger partial charge in [-0.3, -0.25) is 0 Å². The number of benzene rings is 1. The quantitative estimate of drug-likeness (QED) is 0.806. The number of nitrogens with zero attached hydrogens (tertiary/aromatic N) is 1. The first kappa shape index (κ1) is 10.7. The Labute approximate surface area is 101 Å². The molecule has 2 N–H and O–H groups in total. The molecule has 17 heavy (non-hydrogen) atoms. The molecule has 90 valence electrons. The number of nitrogens with two attached hydrogens (primary N) is 1. The smallest absolute Gasteiger partial charge is 0.0758 e. The molecule has 2 heterocycles. The van der Waals surface area contributed by atoms with E-state index in [0.29, 0.717) is 12.2 Å². The second-order valence-electron chi connectivity index (χ2n) is 4.89. The van der Waals surface area contributed by atoms with Crippen LogP contribution in [-0.4, -0.2) is 16.8 Å². The SMILES string of the molecule is CC1CCC(Cn2ccc3c(N)cccc32)O1. The third-order valence-electron chi connectivity index (χ3n) is 3.57. The summed E-state index contributed by atoms with van der Waals surface area (Å²) in [6.45, 7) is 3.07. The van der Waals surface area contributed by atoms with Gasteiger partial charge >= 0.3 is 0 Å². The second kappa shape index (κ2) is 4.08. The average Bonchev–Trinajstić information content (AvgIpc) is 2.88. The molecule has 0 radical (unpaired) electrons. The van der Waals surface area contributed by atoms with Crippen molar-refractivity contribution in [3.63, 3.8) is 0 Å². The Morgan fingerprint density at radius 3 is 3.00 bits per heavy atom. The summed E-state index contributed by atoms with van der Waals surface area (Å²) in [7, 11) is 0. The largest absolute Gasteiger partial charge is 0.398 e. The number of rotatable bonds is 2. The van der Waals surface area contributed by atoms with Crippen LogP contribution in [0.25, 0.3) is 10.9 Å². The number of fused-ring (bicyclic) bond motifs is 1. The maximum Gasteiger partial charge on any atom is 0.0758 e. The summed E-state index contributed by atoms with van der Waals surface area (Å²) >= 11 is 0. The lowest BCUT2D eigenvalue weighted by Gasteiger charge is -2.13. The van der Waals surface area contributed by atoms with E-state index in [4.69, 9.17) is 10.5 Å². The lowest BCUT2D eigenvalue weighted by atomic mass is 10.2. The number of anilines is 1. The van der Waals surface area contributed by atoms with Crippen molar-refractivity contribution in [2.24, 2.45) is 0 Å². The van der Waals surface area contributed by atoms with E-state index in [1.807, 2.05) is 12.1 Å². The van der Waals surface area contributed by atoms with Crippen molar-refractivity contribution >= 4 is 16.6 Å². The summed E-state index contributed by atoms with van der Waals surface area (Å²) in [5, 5.41) is 1.14. The van der Waals surface area contributed by atoms with Gasteiger partial charge in [0.05, 0.1) is 17.7 Å². The number of hydrogen-bond donors (Lipinski definition) is 1. The van der Waals surface area contributed by atoms with Crippen LogP contribution in [-0.2, 0) is 11.3 Å². The van der Waals surface area contributed by atoms with Crippen molar-refractivity contribution in [1.29, 1.82) is 0 Å². The fraction of sp³-hybridized carbons (Fsp3) is 0.429. The van der Waals surface area contributed by atoms with Crippen LogP contribution in [0.15, 0.2) is 30.5 Å². The van der Waals surface area contributed by atoms with E-state index in [9.17, 15) is 0 Å². The summed E-state index contributed by atoms with van der Waals surface area (Å²) in [6, 6.07) is 8.15. The van der Waals surface area contributed by atoms with E-state index >= 15 is 0 Å². The molecule has 3 heteroatoms. The monoisotopic (exact) mass is 230 g/mol. The van der Waals surface area contributed by atoms with E-state index in [0.717, 1.165) is 24.0 Å². The maximum absolute atomic E-state index is 5.96. The number of hydrogen-bond acceptors (Lipinski definition) is 2. The van der Waals surface area contributed by atoms with Crippen LogP contribution in [0.5, 0.6) is 0 Å². The Balaban J connectivity index is 1.88. The Bertz CT molecular complexity index is 532. The third-order valence-corrected chi connectivity index (χ3v) is 3.57. The van der Waals surface area contributed by atoms with Crippen LogP contribution in [0.3, 0.4) is 0 Å². The molecule has 1 saturated heterocycles. The number of nitrogen functional groups attached to an aromatic ring is 1. The molecule has 2 unspecified atom stereocenters. The molecule has 0 spiro atoms. The highest BCUT2D eigenvalue weighted by atomic mass is 16.5. The molecular weight excluding hydrogens is 212 g/mol. The van der Waals surface area contributed by atoms with E-state index in [1.54, 1.807) is 0 Å². The summed E-state index contributed by atoms with van der Waals surface area (Å²) in [5.41, 5.74) is 8.01. The second-order valence-corrected chi connectivity index (χ2v) is 4.89. The van der Waals surface area contributed by atoms with Gasteiger partial charge in [0.1, 0.15) is 0 Å². The molecule has 1 fully saturated rings. The predicted molar refractivity (Wildman–Crippen MR) is 69.9 cm³/mol. The topological polar surface area (TPSA) is 40.2 Å².